The minimum Gasteiger partial charge on any atom is -0.278 e. The van der Waals surface area contributed by atoms with Crippen LogP contribution >= 0.6 is 0 Å². The number of hydrogen-bond acceptors (Lipinski definition) is 2. The van der Waals surface area contributed by atoms with Crippen LogP contribution in [0.25, 0.3) is 0 Å². The minimum atomic E-state index is -0.0971. The van der Waals surface area contributed by atoms with Gasteiger partial charge in [-0.15, -0.1) is 0 Å². The second-order valence-corrected chi connectivity index (χ2v) is 7.71. The predicted octanol–water partition coefficient (Wildman–Crippen LogP) is 3.61. The molecule has 3 heteroatoms. The molecule has 25 heavy (non-hydrogen) atoms. The summed E-state index contributed by atoms with van der Waals surface area (Å²) in [5.41, 5.74) is 2.35. The van der Waals surface area contributed by atoms with Gasteiger partial charge >= 0.3 is 0 Å². The summed E-state index contributed by atoms with van der Waals surface area (Å²) in [4.78, 5) is 27.5. The maximum absolute atomic E-state index is 13.1. The number of carbonyl (C=O) groups excluding carboxylic acids is 2. The van der Waals surface area contributed by atoms with Crippen LogP contribution in [-0.4, -0.2) is 16.7 Å². The van der Waals surface area contributed by atoms with Crippen LogP contribution in [0.5, 0.6) is 0 Å². The van der Waals surface area contributed by atoms with Crippen molar-refractivity contribution < 1.29 is 9.59 Å². The van der Waals surface area contributed by atoms with E-state index in [0.29, 0.717) is 24.3 Å². The highest BCUT2D eigenvalue weighted by molar-refractivity contribution is 6.06. The predicted molar refractivity (Wildman–Crippen MR) is 94.4 cm³/mol. The van der Waals surface area contributed by atoms with Gasteiger partial charge in [0, 0.05) is 0 Å². The van der Waals surface area contributed by atoms with Gasteiger partial charge in [0.25, 0.3) is 0 Å². The zero-order valence-corrected chi connectivity index (χ0v) is 14.0. The molecule has 5 atom stereocenters. The Morgan fingerprint density at radius 2 is 1.44 bits per heavy atom. The molecule has 1 saturated heterocycles. The minimum absolute atomic E-state index is 0.0620. The number of rotatable bonds is 3. The standard InChI is InChI=1S/C22H21NO2/c24-21-19-16-11-17(15-9-5-2-6-10-15)18(12-16)20(19)22(25)23(21)13-14-7-3-1-4-8-14/h1-10,16-20H,11-13H2/t16-,17+,18+,19-,20-/m0/s1. The number of amides is 2. The van der Waals surface area contributed by atoms with Crippen molar-refractivity contribution in [2.45, 2.75) is 25.3 Å². The Balaban J connectivity index is 1.42. The number of benzene rings is 2. The second-order valence-electron chi connectivity index (χ2n) is 7.71. The van der Waals surface area contributed by atoms with Crippen LogP contribution in [0.3, 0.4) is 0 Å². The van der Waals surface area contributed by atoms with Crippen LogP contribution in [0.1, 0.15) is 29.9 Å². The van der Waals surface area contributed by atoms with Crippen molar-refractivity contribution in [3.63, 3.8) is 0 Å². The fourth-order valence-electron chi connectivity index (χ4n) is 5.53. The molecule has 1 heterocycles. The highest BCUT2D eigenvalue weighted by atomic mass is 16.2. The Morgan fingerprint density at radius 1 is 0.800 bits per heavy atom. The van der Waals surface area contributed by atoms with Crippen molar-refractivity contribution in [2.24, 2.45) is 23.7 Å². The molecular formula is C22H21NO2. The van der Waals surface area contributed by atoms with E-state index in [2.05, 4.69) is 24.3 Å². The maximum Gasteiger partial charge on any atom is 0.233 e. The zero-order chi connectivity index (χ0) is 17.0. The summed E-state index contributed by atoms with van der Waals surface area (Å²) in [7, 11) is 0. The van der Waals surface area contributed by atoms with Crippen molar-refractivity contribution in [3.05, 3.63) is 71.8 Å². The lowest BCUT2D eigenvalue weighted by Crippen LogP contribution is -2.32. The third-order valence-corrected chi connectivity index (χ3v) is 6.52. The van der Waals surface area contributed by atoms with Gasteiger partial charge in [0.05, 0.1) is 18.4 Å². The Labute approximate surface area is 147 Å². The van der Waals surface area contributed by atoms with Gasteiger partial charge < -0.3 is 0 Å². The van der Waals surface area contributed by atoms with Gasteiger partial charge in [0.1, 0.15) is 0 Å². The number of hydrogen-bond donors (Lipinski definition) is 0. The lowest BCUT2D eigenvalue weighted by atomic mass is 9.73. The first-order chi connectivity index (χ1) is 12.2. The quantitative estimate of drug-likeness (QED) is 0.806. The molecule has 1 aliphatic heterocycles. The third kappa shape index (κ3) is 2.18. The maximum atomic E-state index is 13.1. The third-order valence-electron chi connectivity index (χ3n) is 6.52. The molecule has 5 rings (SSSR count). The summed E-state index contributed by atoms with van der Waals surface area (Å²) in [6, 6.07) is 20.3. The smallest absolute Gasteiger partial charge is 0.233 e. The van der Waals surface area contributed by atoms with E-state index in [1.807, 2.05) is 36.4 Å². The summed E-state index contributed by atoms with van der Waals surface area (Å²) in [6.07, 6.45) is 2.08. The van der Waals surface area contributed by atoms with E-state index in [9.17, 15) is 9.59 Å². The largest absolute Gasteiger partial charge is 0.278 e. The van der Waals surface area contributed by atoms with Gasteiger partial charge in [-0.3, -0.25) is 14.5 Å². The average molecular weight is 331 g/mol. The van der Waals surface area contributed by atoms with Gasteiger partial charge in [0.15, 0.2) is 0 Å². The number of likely N-dealkylation sites (tertiary alicyclic amines) is 1. The lowest BCUT2D eigenvalue weighted by molar-refractivity contribution is -0.141. The molecule has 0 unspecified atom stereocenters. The molecule has 0 spiro atoms. The van der Waals surface area contributed by atoms with E-state index in [1.165, 1.54) is 10.5 Å². The second kappa shape index (κ2) is 5.55. The molecule has 3 nitrogen and oxygen atoms in total. The van der Waals surface area contributed by atoms with E-state index in [1.54, 1.807) is 0 Å². The Kier molecular flexibility index (Phi) is 3.30. The Hall–Kier alpha value is -2.42. The Bertz CT molecular complexity index is 816. The lowest BCUT2D eigenvalue weighted by Gasteiger charge is -2.28. The molecule has 2 aromatic carbocycles. The number of nitrogens with zero attached hydrogens (tertiary/aromatic N) is 1. The van der Waals surface area contributed by atoms with Crippen molar-refractivity contribution >= 4 is 11.8 Å². The van der Waals surface area contributed by atoms with Crippen LogP contribution in [-0.2, 0) is 16.1 Å². The normalized spacial score (nSPS) is 33.1. The molecule has 0 radical (unpaired) electrons. The van der Waals surface area contributed by atoms with E-state index >= 15 is 0 Å². The van der Waals surface area contributed by atoms with Crippen molar-refractivity contribution in [1.82, 2.24) is 4.90 Å². The highest BCUT2D eigenvalue weighted by Crippen LogP contribution is 2.61. The average Bonchev–Trinajstić information content (AvgIpc) is 3.31. The molecule has 126 valence electrons. The van der Waals surface area contributed by atoms with Gasteiger partial charge in [0.2, 0.25) is 11.8 Å². The van der Waals surface area contributed by atoms with E-state index in [4.69, 9.17) is 0 Å². The van der Waals surface area contributed by atoms with Crippen molar-refractivity contribution in [1.29, 1.82) is 0 Å². The van der Waals surface area contributed by atoms with Crippen molar-refractivity contribution in [2.75, 3.05) is 0 Å². The highest BCUT2D eigenvalue weighted by Gasteiger charge is 2.63. The number of carbonyl (C=O) groups is 2. The van der Waals surface area contributed by atoms with Gasteiger partial charge in [-0.2, -0.15) is 0 Å². The molecule has 3 fully saturated rings. The van der Waals surface area contributed by atoms with Crippen LogP contribution in [0.2, 0.25) is 0 Å². The van der Waals surface area contributed by atoms with Gasteiger partial charge in [-0.05, 0) is 41.7 Å². The summed E-state index contributed by atoms with van der Waals surface area (Å²) in [5, 5.41) is 0. The molecule has 2 saturated carbocycles. The van der Waals surface area contributed by atoms with Gasteiger partial charge in [-0.25, -0.2) is 0 Å². The first kappa shape index (κ1) is 14.9. The molecular weight excluding hydrogens is 310 g/mol. The molecule has 0 N–H and O–H groups in total. The summed E-state index contributed by atoms with van der Waals surface area (Å²) >= 11 is 0. The van der Waals surface area contributed by atoms with E-state index in [-0.39, 0.29) is 23.7 Å². The van der Waals surface area contributed by atoms with Crippen molar-refractivity contribution in [3.8, 4) is 0 Å². The summed E-state index contributed by atoms with van der Waals surface area (Å²) in [6.45, 7) is 0.418. The molecule has 2 amide bonds. The first-order valence-electron chi connectivity index (χ1n) is 9.18. The molecule has 2 aromatic rings. The van der Waals surface area contributed by atoms with Gasteiger partial charge in [-0.1, -0.05) is 60.7 Å². The zero-order valence-electron chi connectivity index (χ0n) is 14.0. The molecule has 3 aliphatic rings. The molecule has 2 aliphatic carbocycles. The first-order valence-corrected chi connectivity index (χ1v) is 9.18. The molecule has 2 bridgehead atoms. The summed E-state index contributed by atoms with van der Waals surface area (Å²) in [5.74, 6) is 1.10. The van der Waals surface area contributed by atoms with Crippen LogP contribution < -0.4 is 0 Å². The monoisotopic (exact) mass is 331 g/mol. The van der Waals surface area contributed by atoms with E-state index in [0.717, 1.165) is 18.4 Å². The summed E-state index contributed by atoms with van der Waals surface area (Å²) < 4.78 is 0. The fourth-order valence-corrected chi connectivity index (χ4v) is 5.53. The SMILES string of the molecule is O=C1[C@H]2[C@@H]3C[C@@H]([C@@H]2C(=O)N1Cc1ccccc1)[C@@H](c1ccccc1)C3. The topological polar surface area (TPSA) is 37.4 Å². The van der Waals surface area contributed by atoms with Crippen LogP contribution in [0.15, 0.2) is 60.7 Å². The molecule has 0 aromatic heterocycles. The Morgan fingerprint density at radius 3 is 2.16 bits per heavy atom. The fraction of sp³-hybridized carbons (Fsp3) is 0.364. The number of fused-ring (bicyclic) bond motifs is 5. The van der Waals surface area contributed by atoms with Crippen LogP contribution in [0, 0.1) is 23.7 Å². The van der Waals surface area contributed by atoms with E-state index < -0.39 is 0 Å². The number of imide groups is 1. The van der Waals surface area contributed by atoms with Crippen LogP contribution in [0.4, 0.5) is 0 Å².